The monoisotopic (exact) mass is 242 g/mol. The van der Waals surface area contributed by atoms with Crippen LogP contribution < -0.4 is 10.6 Å². The first-order chi connectivity index (χ1) is 7.84. The standard InChI is InChI=1S/C12H22N2OS/c16-12(13-10-4-2-1-3-5-10)14-11-6-8-15-9-7-11/h10-11H,1-9H2,(H2,13,14,16). The highest BCUT2D eigenvalue weighted by Gasteiger charge is 2.17. The zero-order chi connectivity index (χ0) is 11.2. The molecule has 2 N–H and O–H groups in total. The van der Waals surface area contributed by atoms with Crippen LogP contribution in [0.15, 0.2) is 0 Å². The van der Waals surface area contributed by atoms with Crippen molar-refractivity contribution < 1.29 is 4.74 Å². The number of rotatable bonds is 2. The van der Waals surface area contributed by atoms with Crippen molar-refractivity contribution >= 4 is 17.3 Å². The van der Waals surface area contributed by atoms with Crippen molar-refractivity contribution in [1.29, 1.82) is 0 Å². The van der Waals surface area contributed by atoms with Gasteiger partial charge in [-0.3, -0.25) is 0 Å². The van der Waals surface area contributed by atoms with Crippen molar-refractivity contribution in [2.75, 3.05) is 13.2 Å². The van der Waals surface area contributed by atoms with Gasteiger partial charge in [-0.1, -0.05) is 19.3 Å². The number of hydrogen-bond donors (Lipinski definition) is 2. The lowest BCUT2D eigenvalue weighted by molar-refractivity contribution is 0.0823. The van der Waals surface area contributed by atoms with Gasteiger partial charge in [0, 0.05) is 25.3 Å². The fourth-order valence-electron chi connectivity index (χ4n) is 2.50. The van der Waals surface area contributed by atoms with Crippen molar-refractivity contribution in [3.05, 3.63) is 0 Å². The van der Waals surface area contributed by atoms with Gasteiger partial charge in [0.2, 0.25) is 0 Å². The second-order valence-corrected chi connectivity index (χ2v) is 5.25. The molecule has 1 heterocycles. The average molecular weight is 242 g/mol. The fraction of sp³-hybridized carbons (Fsp3) is 0.917. The molecule has 16 heavy (non-hydrogen) atoms. The van der Waals surface area contributed by atoms with Gasteiger partial charge in [-0.05, 0) is 37.9 Å². The van der Waals surface area contributed by atoms with Crippen molar-refractivity contribution in [2.45, 2.75) is 57.0 Å². The van der Waals surface area contributed by atoms with Gasteiger partial charge in [-0.15, -0.1) is 0 Å². The Bertz CT molecular complexity index is 201. The van der Waals surface area contributed by atoms with E-state index in [0.717, 1.165) is 31.2 Å². The lowest BCUT2D eigenvalue weighted by atomic mass is 9.96. The van der Waals surface area contributed by atoms with Crippen LogP contribution in [0.4, 0.5) is 0 Å². The topological polar surface area (TPSA) is 33.3 Å². The van der Waals surface area contributed by atoms with Crippen molar-refractivity contribution in [3.63, 3.8) is 0 Å². The lowest BCUT2D eigenvalue weighted by Crippen LogP contribution is -2.48. The SMILES string of the molecule is S=C(NC1CCCCC1)NC1CCOCC1. The van der Waals surface area contributed by atoms with E-state index in [2.05, 4.69) is 10.6 Å². The molecule has 1 saturated carbocycles. The summed E-state index contributed by atoms with van der Waals surface area (Å²) in [5, 5.41) is 7.70. The third-order valence-corrected chi connectivity index (χ3v) is 3.73. The number of ether oxygens (including phenoxy) is 1. The van der Waals surface area contributed by atoms with Gasteiger partial charge in [-0.2, -0.15) is 0 Å². The minimum absolute atomic E-state index is 0.511. The Morgan fingerprint density at radius 2 is 1.44 bits per heavy atom. The Kier molecular flexibility index (Phi) is 4.85. The predicted molar refractivity (Wildman–Crippen MR) is 69.6 cm³/mol. The zero-order valence-electron chi connectivity index (χ0n) is 9.84. The van der Waals surface area contributed by atoms with Gasteiger partial charge in [0.15, 0.2) is 5.11 Å². The molecule has 2 rings (SSSR count). The van der Waals surface area contributed by atoms with E-state index in [-0.39, 0.29) is 0 Å². The summed E-state index contributed by atoms with van der Waals surface area (Å²) in [5.41, 5.74) is 0. The van der Waals surface area contributed by atoms with Gasteiger partial charge >= 0.3 is 0 Å². The highest BCUT2D eigenvalue weighted by molar-refractivity contribution is 7.80. The lowest BCUT2D eigenvalue weighted by Gasteiger charge is -2.28. The van der Waals surface area contributed by atoms with Gasteiger partial charge in [0.05, 0.1) is 0 Å². The molecule has 92 valence electrons. The minimum atomic E-state index is 0.511. The highest BCUT2D eigenvalue weighted by Crippen LogP contribution is 2.17. The second-order valence-electron chi connectivity index (χ2n) is 4.84. The summed E-state index contributed by atoms with van der Waals surface area (Å²) in [6.45, 7) is 1.73. The molecule has 1 aliphatic heterocycles. The Morgan fingerprint density at radius 3 is 2.06 bits per heavy atom. The quantitative estimate of drug-likeness (QED) is 0.725. The van der Waals surface area contributed by atoms with Crippen LogP contribution in [-0.4, -0.2) is 30.4 Å². The third-order valence-electron chi connectivity index (χ3n) is 3.50. The first kappa shape index (κ1) is 12.1. The number of hydrogen-bond acceptors (Lipinski definition) is 2. The van der Waals surface area contributed by atoms with Crippen LogP contribution in [-0.2, 0) is 4.74 Å². The Balaban J connectivity index is 1.66. The summed E-state index contributed by atoms with van der Waals surface area (Å²) in [7, 11) is 0. The van der Waals surface area contributed by atoms with E-state index in [4.69, 9.17) is 17.0 Å². The smallest absolute Gasteiger partial charge is 0.166 e. The number of nitrogens with one attached hydrogen (secondary N) is 2. The molecule has 0 bridgehead atoms. The summed E-state index contributed by atoms with van der Waals surface area (Å²) in [4.78, 5) is 0. The minimum Gasteiger partial charge on any atom is -0.381 e. The van der Waals surface area contributed by atoms with E-state index in [1.165, 1.54) is 32.1 Å². The van der Waals surface area contributed by atoms with Crippen LogP contribution in [0.2, 0.25) is 0 Å². The van der Waals surface area contributed by atoms with Crippen LogP contribution in [0.25, 0.3) is 0 Å². The van der Waals surface area contributed by atoms with E-state index < -0.39 is 0 Å². The normalized spacial score (nSPS) is 24.0. The molecule has 2 aliphatic rings. The average Bonchev–Trinajstić information content (AvgIpc) is 2.31. The van der Waals surface area contributed by atoms with E-state index in [1.807, 2.05) is 0 Å². The molecule has 1 saturated heterocycles. The maximum atomic E-state index is 5.35. The Morgan fingerprint density at radius 1 is 0.875 bits per heavy atom. The van der Waals surface area contributed by atoms with Gasteiger partial charge in [0.1, 0.15) is 0 Å². The first-order valence-corrected chi connectivity index (χ1v) is 6.90. The van der Waals surface area contributed by atoms with Crippen LogP contribution in [0.1, 0.15) is 44.9 Å². The van der Waals surface area contributed by atoms with Gasteiger partial charge < -0.3 is 15.4 Å². The van der Waals surface area contributed by atoms with Crippen molar-refractivity contribution in [1.82, 2.24) is 10.6 Å². The van der Waals surface area contributed by atoms with Gasteiger partial charge in [-0.25, -0.2) is 0 Å². The molecule has 0 atom stereocenters. The van der Waals surface area contributed by atoms with Crippen LogP contribution in [0, 0.1) is 0 Å². The summed E-state index contributed by atoms with van der Waals surface area (Å²) < 4.78 is 5.33. The highest BCUT2D eigenvalue weighted by atomic mass is 32.1. The molecular weight excluding hydrogens is 220 g/mol. The van der Waals surface area contributed by atoms with E-state index in [1.54, 1.807) is 0 Å². The molecule has 0 spiro atoms. The Hall–Kier alpha value is -0.350. The van der Waals surface area contributed by atoms with Crippen LogP contribution >= 0.6 is 12.2 Å². The molecule has 0 amide bonds. The van der Waals surface area contributed by atoms with Crippen LogP contribution in [0.5, 0.6) is 0 Å². The molecule has 0 aromatic heterocycles. The maximum absolute atomic E-state index is 5.35. The number of thiocarbonyl (C=S) groups is 1. The first-order valence-electron chi connectivity index (χ1n) is 6.49. The molecule has 0 aromatic rings. The zero-order valence-corrected chi connectivity index (χ0v) is 10.7. The molecule has 1 aliphatic carbocycles. The summed E-state index contributed by atoms with van der Waals surface area (Å²) in [6, 6.07) is 1.12. The third kappa shape index (κ3) is 3.91. The largest absolute Gasteiger partial charge is 0.381 e. The summed E-state index contributed by atoms with van der Waals surface area (Å²) in [6.07, 6.45) is 8.78. The maximum Gasteiger partial charge on any atom is 0.166 e. The predicted octanol–water partition coefficient (Wildman–Crippen LogP) is 1.96. The summed E-state index contributed by atoms with van der Waals surface area (Å²) in [5.74, 6) is 0. The molecular formula is C12H22N2OS. The Labute approximate surface area is 103 Å². The van der Waals surface area contributed by atoms with E-state index in [9.17, 15) is 0 Å². The van der Waals surface area contributed by atoms with Crippen LogP contribution in [0.3, 0.4) is 0 Å². The summed E-state index contributed by atoms with van der Waals surface area (Å²) >= 11 is 5.35. The molecule has 0 radical (unpaired) electrons. The van der Waals surface area contributed by atoms with E-state index in [0.29, 0.717) is 12.1 Å². The molecule has 0 aromatic carbocycles. The molecule has 4 heteroatoms. The van der Waals surface area contributed by atoms with Crippen molar-refractivity contribution in [2.24, 2.45) is 0 Å². The fourth-order valence-corrected chi connectivity index (χ4v) is 2.83. The van der Waals surface area contributed by atoms with E-state index >= 15 is 0 Å². The molecule has 2 fully saturated rings. The molecule has 3 nitrogen and oxygen atoms in total. The van der Waals surface area contributed by atoms with Crippen molar-refractivity contribution in [3.8, 4) is 0 Å². The second kappa shape index (κ2) is 6.40. The molecule has 0 unspecified atom stereocenters. The van der Waals surface area contributed by atoms with Gasteiger partial charge in [0.25, 0.3) is 0 Å².